The van der Waals surface area contributed by atoms with E-state index in [9.17, 15) is 0 Å². The summed E-state index contributed by atoms with van der Waals surface area (Å²) in [6.07, 6.45) is 0.995. The molecule has 3 N–H and O–H groups in total. The number of hydrogen-bond donors (Lipinski definition) is 3. The van der Waals surface area contributed by atoms with E-state index in [1.807, 2.05) is 19.1 Å². The normalized spacial score (nSPS) is 17.6. The monoisotopic (exact) mass is 430 g/mol. The number of thiocarbonyl (C=S) groups is 1. The maximum absolute atomic E-state index is 5.59. The lowest BCUT2D eigenvalue weighted by Crippen LogP contribution is -3.12. The Labute approximate surface area is 184 Å². The minimum Gasteiger partial charge on any atom is -0.497 e. The lowest BCUT2D eigenvalue weighted by atomic mass is 9.91. The number of nitrogens with one attached hydrogen (secondary N) is 3. The van der Waals surface area contributed by atoms with E-state index in [1.165, 1.54) is 21.6 Å². The van der Waals surface area contributed by atoms with Gasteiger partial charge in [0.15, 0.2) is 16.6 Å². The second-order valence-corrected chi connectivity index (χ2v) is 7.79. The highest BCUT2D eigenvalue weighted by Crippen LogP contribution is 2.34. The highest BCUT2D eigenvalue weighted by Gasteiger charge is 2.32. The van der Waals surface area contributed by atoms with Gasteiger partial charge in [0, 0.05) is 24.1 Å². The van der Waals surface area contributed by atoms with Crippen LogP contribution in [0.5, 0.6) is 17.2 Å². The molecular formula is C23H32N3O3S+. The van der Waals surface area contributed by atoms with Crippen LogP contribution in [0.4, 0.5) is 0 Å². The molecule has 7 heteroatoms. The summed E-state index contributed by atoms with van der Waals surface area (Å²) in [5.41, 5.74) is 3.88. The first kappa shape index (κ1) is 22.2. The van der Waals surface area contributed by atoms with Crippen molar-refractivity contribution in [3.8, 4) is 17.2 Å². The van der Waals surface area contributed by atoms with E-state index in [1.54, 1.807) is 21.3 Å². The lowest BCUT2D eigenvalue weighted by Gasteiger charge is -2.35. The summed E-state index contributed by atoms with van der Waals surface area (Å²) < 4.78 is 16.4. The molecule has 30 heavy (non-hydrogen) atoms. The molecule has 0 saturated carbocycles. The number of quaternary nitrogens is 1. The van der Waals surface area contributed by atoms with Gasteiger partial charge in [-0.2, -0.15) is 0 Å². The molecule has 0 fully saturated rings. The number of fused-ring (bicyclic) bond motifs is 1. The fourth-order valence-corrected chi connectivity index (χ4v) is 4.28. The van der Waals surface area contributed by atoms with E-state index in [0.717, 1.165) is 49.8 Å². The van der Waals surface area contributed by atoms with Gasteiger partial charge in [-0.3, -0.25) is 0 Å². The zero-order chi connectivity index (χ0) is 21.5. The molecule has 2 atom stereocenters. The standard InChI is InChI=1S/C23H31N3O3S/c1-5-24-23(30)25-14-20-19-13-22(29-4)21(28-3)12-17(19)10-11-26(20)15-16-6-8-18(27-2)9-7-16/h6-9,12-13,20H,5,10-11,14-15H2,1-4H3,(H2,24,25,30)/p+1/t20-/m1/s1. The van der Waals surface area contributed by atoms with Crippen molar-refractivity contribution in [2.75, 3.05) is 41.0 Å². The van der Waals surface area contributed by atoms with E-state index in [0.29, 0.717) is 5.11 Å². The highest BCUT2D eigenvalue weighted by atomic mass is 32.1. The van der Waals surface area contributed by atoms with Gasteiger partial charge >= 0.3 is 0 Å². The first-order valence-electron chi connectivity index (χ1n) is 10.3. The zero-order valence-corrected chi connectivity index (χ0v) is 19.0. The summed E-state index contributed by atoms with van der Waals surface area (Å²) in [4.78, 5) is 1.49. The Morgan fingerprint density at radius 1 is 1.03 bits per heavy atom. The van der Waals surface area contributed by atoms with Crippen LogP contribution in [0.3, 0.4) is 0 Å². The number of rotatable bonds is 8. The molecule has 0 spiro atoms. The van der Waals surface area contributed by atoms with Crippen LogP contribution in [0.25, 0.3) is 0 Å². The summed E-state index contributed by atoms with van der Waals surface area (Å²) in [6.45, 7) is 5.56. The maximum atomic E-state index is 5.59. The van der Waals surface area contributed by atoms with Crippen molar-refractivity contribution in [2.45, 2.75) is 25.9 Å². The summed E-state index contributed by atoms with van der Waals surface area (Å²) >= 11 is 5.41. The number of hydrogen-bond acceptors (Lipinski definition) is 4. The molecule has 1 aliphatic rings. The van der Waals surface area contributed by atoms with Crippen molar-refractivity contribution >= 4 is 17.3 Å². The third-order valence-electron chi connectivity index (χ3n) is 5.62. The Hall–Kier alpha value is -2.51. The molecule has 0 saturated heterocycles. The molecule has 162 valence electrons. The Balaban J connectivity index is 1.88. The summed E-state index contributed by atoms with van der Waals surface area (Å²) in [5, 5.41) is 7.27. The van der Waals surface area contributed by atoms with E-state index >= 15 is 0 Å². The molecule has 1 unspecified atom stereocenters. The molecule has 0 amide bonds. The highest BCUT2D eigenvalue weighted by molar-refractivity contribution is 7.80. The van der Waals surface area contributed by atoms with Gasteiger partial charge in [0.05, 0.1) is 34.4 Å². The van der Waals surface area contributed by atoms with Gasteiger partial charge in [0.25, 0.3) is 0 Å². The van der Waals surface area contributed by atoms with Crippen LogP contribution in [0.1, 0.15) is 29.7 Å². The third kappa shape index (κ3) is 5.15. The molecule has 6 nitrogen and oxygen atoms in total. The topological polar surface area (TPSA) is 56.2 Å². The van der Waals surface area contributed by atoms with Crippen LogP contribution < -0.4 is 29.7 Å². The third-order valence-corrected chi connectivity index (χ3v) is 5.91. The van der Waals surface area contributed by atoms with Crippen LogP contribution in [0.15, 0.2) is 36.4 Å². The van der Waals surface area contributed by atoms with Gasteiger partial charge in [0.2, 0.25) is 0 Å². The molecule has 0 aromatic heterocycles. The Kier molecular flexibility index (Phi) is 7.76. The van der Waals surface area contributed by atoms with Crippen molar-refractivity contribution in [1.29, 1.82) is 0 Å². The van der Waals surface area contributed by atoms with Gasteiger partial charge in [-0.05, 0) is 61.1 Å². The minimum atomic E-state index is 0.243. The Morgan fingerprint density at radius 2 is 1.73 bits per heavy atom. The summed E-state index contributed by atoms with van der Waals surface area (Å²) in [6, 6.07) is 12.8. The predicted molar refractivity (Wildman–Crippen MR) is 123 cm³/mol. The average molecular weight is 431 g/mol. The summed E-state index contributed by atoms with van der Waals surface area (Å²) in [5.74, 6) is 2.43. The maximum Gasteiger partial charge on any atom is 0.166 e. The first-order valence-corrected chi connectivity index (χ1v) is 10.7. The second-order valence-electron chi connectivity index (χ2n) is 7.38. The van der Waals surface area contributed by atoms with Gasteiger partial charge < -0.3 is 29.7 Å². The van der Waals surface area contributed by atoms with Crippen LogP contribution in [-0.4, -0.2) is 46.1 Å². The average Bonchev–Trinajstić information content (AvgIpc) is 2.78. The SMILES string of the molecule is CCNC(=S)NC[C@@H]1c2cc(OC)c(OC)cc2CC[NH+]1Cc1ccc(OC)cc1. The molecule has 2 aromatic carbocycles. The minimum absolute atomic E-state index is 0.243. The Morgan fingerprint density at radius 3 is 2.37 bits per heavy atom. The van der Waals surface area contributed by atoms with E-state index in [-0.39, 0.29) is 6.04 Å². The van der Waals surface area contributed by atoms with Gasteiger partial charge in [0.1, 0.15) is 18.3 Å². The van der Waals surface area contributed by atoms with E-state index in [4.69, 9.17) is 26.4 Å². The Bertz CT molecular complexity index is 858. The van der Waals surface area contributed by atoms with Crippen molar-refractivity contribution in [3.05, 3.63) is 53.1 Å². The molecule has 1 aliphatic heterocycles. The number of benzene rings is 2. The fraction of sp³-hybridized carbons (Fsp3) is 0.435. The first-order chi connectivity index (χ1) is 14.6. The molecule has 0 aliphatic carbocycles. The van der Waals surface area contributed by atoms with E-state index in [2.05, 4.69) is 34.9 Å². The lowest BCUT2D eigenvalue weighted by molar-refractivity contribution is -0.945. The summed E-state index contributed by atoms with van der Waals surface area (Å²) in [7, 11) is 5.06. The largest absolute Gasteiger partial charge is 0.497 e. The van der Waals surface area contributed by atoms with Crippen molar-refractivity contribution < 1.29 is 19.1 Å². The van der Waals surface area contributed by atoms with Crippen LogP contribution in [0, 0.1) is 0 Å². The van der Waals surface area contributed by atoms with Crippen molar-refractivity contribution in [3.63, 3.8) is 0 Å². The molecule has 2 aromatic rings. The number of ether oxygens (including phenoxy) is 3. The van der Waals surface area contributed by atoms with Crippen LogP contribution in [0.2, 0.25) is 0 Å². The van der Waals surface area contributed by atoms with Gasteiger partial charge in [-0.15, -0.1) is 0 Å². The van der Waals surface area contributed by atoms with Gasteiger partial charge in [-0.1, -0.05) is 0 Å². The van der Waals surface area contributed by atoms with Gasteiger partial charge in [-0.25, -0.2) is 0 Å². The molecule has 0 bridgehead atoms. The van der Waals surface area contributed by atoms with Crippen molar-refractivity contribution in [1.82, 2.24) is 10.6 Å². The van der Waals surface area contributed by atoms with Crippen molar-refractivity contribution in [2.24, 2.45) is 0 Å². The molecular weight excluding hydrogens is 398 g/mol. The quantitative estimate of drug-likeness (QED) is 0.556. The molecule has 3 rings (SSSR count). The predicted octanol–water partition coefficient (Wildman–Crippen LogP) is 1.88. The number of methoxy groups -OCH3 is 3. The molecule has 1 heterocycles. The fourth-order valence-electron chi connectivity index (χ4n) is 4.06. The molecule has 0 radical (unpaired) electrons. The van der Waals surface area contributed by atoms with Crippen LogP contribution >= 0.6 is 12.2 Å². The van der Waals surface area contributed by atoms with Crippen LogP contribution in [-0.2, 0) is 13.0 Å². The van der Waals surface area contributed by atoms with E-state index < -0.39 is 0 Å². The smallest absolute Gasteiger partial charge is 0.166 e. The second kappa shape index (κ2) is 10.5. The zero-order valence-electron chi connectivity index (χ0n) is 18.2.